The van der Waals surface area contributed by atoms with Gasteiger partial charge in [0.15, 0.2) is 12.0 Å². The number of anilines is 1. The Morgan fingerprint density at radius 2 is 1.73 bits per heavy atom. The number of aldehydes is 1. The van der Waals surface area contributed by atoms with Crippen molar-refractivity contribution in [1.29, 1.82) is 0 Å². The van der Waals surface area contributed by atoms with E-state index < -0.39 is 29.7 Å². The van der Waals surface area contributed by atoms with Crippen molar-refractivity contribution < 1.29 is 38.0 Å². The summed E-state index contributed by atoms with van der Waals surface area (Å²) >= 11 is 1.52. The van der Waals surface area contributed by atoms with Gasteiger partial charge in [0.2, 0.25) is 12.3 Å². The number of hydroxylamine groups is 2. The first kappa shape index (κ1) is 37.7. The van der Waals surface area contributed by atoms with Crippen molar-refractivity contribution >= 4 is 48.1 Å². The highest BCUT2D eigenvalue weighted by Gasteiger charge is 2.33. The average Bonchev–Trinajstić information content (AvgIpc) is 3.61. The van der Waals surface area contributed by atoms with E-state index in [0.717, 1.165) is 30.0 Å². The van der Waals surface area contributed by atoms with Crippen LogP contribution in [0.2, 0.25) is 0 Å². The van der Waals surface area contributed by atoms with Crippen LogP contribution in [0.5, 0.6) is 5.75 Å². The monoisotopic (exact) mass is 680 g/mol. The fraction of sp³-hybridized carbons (Fsp3) is 0.400. The lowest BCUT2D eigenvalue weighted by molar-refractivity contribution is -0.171. The van der Waals surface area contributed by atoms with Gasteiger partial charge >= 0.3 is 5.97 Å². The van der Waals surface area contributed by atoms with E-state index in [0.29, 0.717) is 54.8 Å². The Kier molecular flexibility index (Phi) is 15.0. The molecule has 48 heavy (non-hydrogen) atoms. The molecule has 2 aromatic carbocycles. The fourth-order valence-electron chi connectivity index (χ4n) is 5.09. The Labute approximate surface area is 285 Å². The fourth-order valence-corrected chi connectivity index (χ4v) is 5.43. The maximum atomic E-state index is 13.5. The number of amides is 3. The second kappa shape index (κ2) is 19.1. The van der Waals surface area contributed by atoms with Crippen molar-refractivity contribution in [2.24, 2.45) is 5.92 Å². The van der Waals surface area contributed by atoms with Crippen LogP contribution in [0.1, 0.15) is 84.1 Å². The average molecular weight is 681 g/mol. The van der Waals surface area contributed by atoms with Crippen LogP contribution in [-0.2, 0) is 14.4 Å². The van der Waals surface area contributed by atoms with Gasteiger partial charge in [0.1, 0.15) is 11.5 Å². The van der Waals surface area contributed by atoms with Gasteiger partial charge in [-0.25, -0.2) is 4.79 Å². The number of carbonyl (C=O) groups excluding carboxylic acids is 5. The Hall–Kier alpha value is -4.78. The number of hydrogen-bond donors (Lipinski definition) is 2. The Bertz CT molecular complexity index is 1530. The molecule has 0 saturated heterocycles. The zero-order chi connectivity index (χ0) is 35.1. The molecule has 0 bridgehead atoms. The van der Waals surface area contributed by atoms with E-state index in [2.05, 4.69) is 10.6 Å². The van der Waals surface area contributed by atoms with Crippen molar-refractivity contribution in [3.63, 3.8) is 0 Å². The smallest absolute Gasteiger partial charge is 0.363 e. The van der Waals surface area contributed by atoms with E-state index in [1.165, 1.54) is 18.0 Å². The molecule has 0 fully saturated rings. The zero-order valence-electron chi connectivity index (χ0n) is 28.0. The van der Waals surface area contributed by atoms with Crippen LogP contribution < -0.4 is 19.7 Å². The van der Waals surface area contributed by atoms with Gasteiger partial charge in [0.05, 0.1) is 36.4 Å². The van der Waals surface area contributed by atoms with Crippen molar-refractivity contribution in [3.8, 4) is 17.1 Å². The molecule has 0 radical (unpaired) electrons. The van der Waals surface area contributed by atoms with Gasteiger partial charge in [-0.3, -0.25) is 19.2 Å². The number of unbranched alkanes of at least 4 members (excludes halogenated alkanes) is 2. The molecule has 0 aliphatic rings. The Morgan fingerprint density at radius 1 is 0.979 bits per heavy atom. The molecule has 1 aromatic heterocycles. The lowest BCUT2D eigenvalue weighted by Gasteiger charge is -2.31. The van der Waals surface area contributed by atoms with Gasteiger partial charge in [-0.15, -0.1) is 0 Å². The second-order valence-electron chi connectivity index (χ2n) is 10.8. The third kappa shape index (κ3) is 10.1. The number of benzene rings is 2. The minimum absolute atomic E-state index is 0.0229. The molecular weight excluding hydrogens is 636 g/mol. The minimum atomic E-state index is -0.735. The first-order valence-electron chi connectivity index (χ1n) is 15.9. The summed E-state index contributed by atoms with van der Waals surface area (Å²) in [5.41, 5.74) is 2.18. The van der Waals surface area contributed by atoms with E-state index in [-0.39, 0.29) is 18.0 Å². The van der Waals surface area contributed by atoms with E-state index in [1.54, 1.807) is 48.5 Å². The molecule has 0 aliphatic carbocycles. The topological polar surface area (TPSA) is 147 Å². The summed E-state index contributed by atoms with van der Waals surface area (Å²) in [4.78, 5) is 68.3. The summed E-state index contributed by atoms with van der Waals surface area (Å²) in [6.45, 7) is 5.84. The molecule has 0 spiro atoms. The number of nitrogens with zero attached hydrogens (tertiary/aromatic N) is 2. The zero-order valence-corrected chi connectivity index (χ0v) is 28.8. The number of hydrogen-bond acceptors (Lipinski definition) is 10. The first-order chi connectivity index (χ1) is 23.2. The lowest BCUT2D eigenvalue weighted by Crippen LogP contribution is -2.49. The van der Waals surface area contributed by atoms with Gasteiger partial charge in [0, 0.05) is 24.6 Å². The van der Waals surface area contributed by atoms with Crippen molar-refractivity contribution in [1.82, 2.24) is 15.7 Å². The van der Waals surface area contributed by atoms with Gasteiger partial charge < -0.3 is 28.9 Å². The number of rotatable bonds is 20. The maximum absolute atomic E-state index is 13.5. The summed E-state index contributed by atoms with van der Waals surface area (Å²) in [5.74, 6) is -1.55. The molecule has 2 atom stereocenters. The normalized spacial score (nSPS) is 11.9. The van der Waals surface area contributed by atoms with Crippen molar-refractivity contribution in [2.75, 3.05) is 30.9 Å². The largest absolute Gasteiger partial charge is 0.493 e. The number of nitrogens with one attached hydrogen (secondary N) is 2. The highest BCUT2D eigenvalue weighted by molar-refractivity contribution is 7.99. The maximum Gasteiger partial charge on any atom is 0.363 e. The highest BCUT2D eigenvalue weighted by Crippen LogP contribution is 2.28. The molecule has 1 heterocycles. The van der Waals surface area contributed by atoms with Gasteiger partial charge in [-0.05, 0) is 68.3 Å². The second-order valence-corrected chi connectivity index (χ2v) is 11.8. The number of carbonyl (C=O) groups is 5. The molecule has 3 aromatic rings. The number of furan rings is 1. The predicted octanol–water partition coefficient (Wildman–Crippen LogP) is 5.88. The molecule has 3 amide bonds. The van der Waals surface area contributed by atoms with E-state index in [4.69, 9.17) is 14.0 Å². The third-order valence-electron chi connectivity index (χ3n) is 7.76. The lowest BCUT2D eigenvalue weighted by atomic mass is 9.90. The molecule has 3 rings (SSSR count). The van der Waals surface area contributed by atoms with Crippen LogP contribution in [-0.4, -0.2) is 68.2 Å². The first-order valence-corrected chi connectivity index (χ1v) is 17.1. The molecule has 2 unspecified atom stereocenters. The van der Waals surface area contributed by atoms with Crippen molar-refractivity contribution in [2.45, 2.75) is 58.9 Å². The van der Waals surface area contributed by atoms with E-state index in [9.17, 15) is 24.0 Å². The minimum Gasteiger partial charge on any atom is -0.493 e. The summed E-state index contributed by atoms with van der Waals surface area (Å²) < 4.78 is 13.2. The third-order valence-corrected chi connectivity index (χ3v) is 8.52. The SMILES string of the molecule is CCCCCC(C(=O)NCNC(=O)c1ccc(-c2ccc(C=O)c(OCC)c2)o1)C(CC)N(C=O)OC(=O)c1ccc(N(C)SC)cc1. The molecule has 0 aliphatic heterocycles. The molecule has 0 saturated carbocycles. The summed E-state index contributed by atoms with van der Waals surface area (Å²) in [7, 11) is 1.90. The molecule has 13 heteroatoms. The Morgan fingerprint density at radius 3 is 2.35 bits per heavy atom. The van der Waals surface area contributed by atoms with Gasteiger partial charge in [-0.2, -0.15) is 5.06 Å². The van der Waals surface area contributed by atoms with Crippen LogP contribution >= 0.6 is 11.9 Å². The quantitative estimate of drug-likeness (QED) is 0.0487. The van der Waals surface area contributed by atoms with Crippen molar-refractivity contribution in [3.05, 3.63) is 71.5 Å². The van der Waals surface area contributed by atoms with Gasteiger partial charge in [-0.1, -0.05) is 51.1 Å². The van der Waals surface area contributed by atoms with E-state index >= 15 is 0 Å². The molecule has 2 N–H and O–H groups in total. The number of ether oxygens (including phenoxy) is 1. The Balaban J connectivity index is 1.66. The van der Waals surface area contributed by atoms with Crippen LogP contribution in [0.4, 0.5) is 5.69 Å². The van der Waals surface area contributed by atoms with Crippen LogP contribution in [0.15, 0.2) is 59.0 Å². The molecule has 12 nitrogen and oxygen atoms in total. The van der Waals surface area contributed by atoms with Gasteiger partial charge in [0.25, 0.3) is 5.91 Å². The molecule has 258 valence electrons. The van der Waals surface area contributed by atoms with Crippen LogP contribution in [0.25, 0.3) is 11.3 Å². The summed E-state index contributed by atoms with van der Waals surface area (Å²) in [5, 5.41) is 6.28. The van der Waals surface area contributed by atoms with Crippen LogP contribution in [0.3, 0.4) is 0 Å². The van der Waals surface area contributed by atoms with E-state index in [1.807, 2.05) is 38.4 Å². The predicted molar refractivity (Wildman–Crippen MR) is 185 cm³/mol. The van der Waals surface area contributed by atoms with Crippen LogP contribution in [0, 0.1) is 5.92 Å². The standard InChI is InChI=1S/C35H44N4O8S/c1-6-9-10-11-28(29(7-2)39(23-41)47-35(44)24-14-16-27(17-15-24)38(4)48-5)33(42)36-22-37-34(43)31-19-18-30(46-31)25-12-13-26(21-40)32(20-25)45-8-3/h12-21,23,28-29H,6-11,22H2,1-5H3,(H,36,42)(H,37,43). The molecular formula is C35H44N4O8S. The highest BCUT2D eigenvalue weighted by atomic mass is 32.2. The summed E-state index contributed by atoms with van der Waals surface area (Å²) in [6, 6.07) is 14.2. The summed E-state index contributed by atoms with van der Waals surface area (Å²) in [6.07, 6.45) is 6.36.